The molecule has 152 valence electrons. The smallest absolute Gasteiger partial charge is 0.416 e. The molecule has 2 nitrogen and oxygen atoms in total. The summed E-state index contributed by atoms with van der Waals surface area (Å²) in [5.74, 6) is 0.829. The summed E-state index contributed by atoms with van der Waals surface area (Å²) in [5.41, 5.74) is 1.44. The van der Waals surface area contributed by atoms with Crippen molar-refractivity contribution >= 4 is 5.76 Å². The van der Waals surface area contributed by atoms with Crippen LogP contribution >= 0.6 is 0 Å². The number of alkyl halides is 3. The Morgan fingerprint density at radius 1 is 0.889 bits per heavy atom. The lowest BCUT2D eigenvalue weighted by Gasteiger charge is -2.25. The summed E-state index contributed by atoms with van der Waals surface area (Å²) in [6, 6.07) is 5.46. The molecule has 0 spiro atoms. The number of piperidine rings is 1. The first-order valence-corrected chi connectivity index (χ1v) is 9.90. The van der Waals surface area contributed by atoms with Crippen LogP contribution in [0.2, 0.25) is 0 Å². The number of hydrogen-bond donors (Lipinski definition) is 1. The van der Waals surface area contributed by atoms with Gasteiger partial charge in [0.1, 0.15) is 18.9 Å². The van der Waals surface area contributed by atoms with E-state index in [1.807, 2.05) is 0 Å². The van der Waals surface area contributed by atoms with E-state index in [-0.39, 0.29) is 12.4 Å². The summed E-state index contributed by atoms with van der Waals surface area (Å²) in [4.78, 5) is 1.58. The number of rotatable bonds is 5. The van der Waals surface area contributed by atoms with E-state index in [0.717, 1.165) is 55.7 Å². The third-order valence-electron chi connectivity index (χ3n) is 5.52. The Kier molecular flexibility index (Phi) is 8.49. The molecule has 1 heterocycles. The first-order valence-electron chi connectivity index (χ1n) is 9.90. The van der Waals surface area contributed by atoms with Gasteiger partial charge in [0.15, 0.2) is 0 Å². The van der Waals surface area contributed by atoms with Crippen molar-refractivity contribution in [2.45, 2.75) is 57.5 Å². The molecule has 1 N–H and O–H groups in total. The van der Waals surface area contributed by atoms with Gasteiger partial charge in [-0.2, -0.15) is 13.2 Å². The Bertz CT molecular complexity index is 599. The molecule has 0 unspecified atom stereocenters. The van der Waals surface area contributed by atoms with Crippen LogP contribution in [-0.2, 0) is 10.9 Å². The summed E-state index contributed by atoms with van der Waals surface area (Å²) in [5, 5.41) is 0. The van der Waals surface area contributed by atoms with Gasteiger partial charge in [-0.15, -0.1) is 0 Å². The van der Waals surface area contributed by atoms with Gasteiger partial charge >= 0.3 is 6.18 Å². The van der Waals surface area contributed by atoms with Crippen molar-refractivity contribution in [1.29, 1.82) is 0 Å². The van der Waals surface area contributed by atoms with Crippen LogP contribution in [-0.4, -0.2) is 26.2 Å². The lowest BCUT2D eigenvalue weighted by Crippen LogP contribution is -3.13. The van der Waals surface area contributed by atoms with Crippen LogP contribution in [0, 0.1) is 0 Å². The topological polar surface area (TPSA) is 13.7 Å². The standard InChI is InChI=1S/C21H28F3NO.ClH/c22-21(23,24)19-11-9-18(10-12-19)20(17-7-3-1-4-8-17)26-16-15-25-13-5-2-6-14-25;/h9-12H,1-8,13-16H2;1H. The molecule has 0 bridgehead atoms. The van der Waals surface area contributed by atoms with E-state index in [1.165, 1.54) is 44.3 Å². The third-order valence-corrected chi connectivity index (χ3v) is 5.52. The van der Waals surface area contributed by atoms with E-state index >= 15 is 0 Å². The van der Waals surface area contributed by atoms with Crippen LogP contribution in [0.5, 0.6) is 0 Å². The van der Waals surface area contributed by atoms with Gasteiger partial charge in [0, 0.05) is 5.56 Å². The van der Waals surface area contributed by atoms with Crippen LogP contribution in [0.4, 0.5) is 13.2 Å². The zero-order valence-corrected chi connectivity index (χ0v) is 16.5. The summed E-state index contributed by atoms with van der Waals surface area (Å²) >= 11 is 0. The van der Waals surface area contributed by atoms with Gasteiger partial charge in [-0.1, -0.05) is 18.6 Å². The molecule has 6 heteroatoms. The fourth-order valence-electron chi connectivity index (χ4n) is 4.00. The second kappa shape index (κ2) is 10.4. The lowest BCUT2D eigenvalue weighted by molar-refractivity contribution is -0.905. The van der Waals surface area contributed by atoms with E-state index in [4.69, 9.17) is 4.74 Å². The number of allylic oxidation sites excluding steroid dienone is 1. The molecule has 1 aliphatic heterocycles. The predicted octanol–water partition coefficient (Wildman–Crippen LogP) is 1.47. The lowest BCUT2D eigenvalue weighted by atomic mass is 9.92. The molecule has 2 fully saturated rings. The van der Waals surface area contributed by atoms with Gasteiger partial charge in [-0.05, 0) is 62.7 Å². The zero-order chi connectivity index (χ0) is 18.4. The number of quaternary nitrogens is 1. The number of halogens is 4. The predicted molar refractivity (Wildman–Crippen MR) is 96.8 cm³/mol. The number of likely N-dealkylation sites (tertiary alicyclic amines) is 1. The third kappa shape index (κ3) is 6.42. The molecular weight excluding hydrogens is 375 g/mol. The van der Waals surface area contributed by atoms with E-state index < -0.39 is 11.7 Å². The highest BCUT2D eigenvalue weighted by molar-refractivity contribution is 5.63. The Morgan fingerprint density at radius 3 is 2.07 bits per heavy atom. The normalized spacial score (nSPS) is 18.7. The van der Waals surface area contributed by atoms with Crippen molar-refractivity contribution in [3.05, 3.63) is 41.0 Å². The van der Waals surface area contributed by atoms with E-state index in [9.17, 15) is 13.2 Å². The molecule has 0 amide bonds. The molecule has 1 aliphatic carbocycles. The number of ether oxygens (including phenoxy) is 1. The first-order chi connectivity index (χ1) is 12.5. The van der Waals surface area contributed by atoms with Gasteiger partial charge < -0.3 is 22.0 Å². The minimum atomic E-state index is -4.30. The SMILES string of the molecule is FC(F)(F)c1ccc(C(OCC[NH+]2CCCCC2)=C2CCCCC2)cc1.[Cl-]. The van der Waals surface area contributed by atoms with Crippen molar-refractivity contribution in [3.8, 4) is 0 Å². The van der Waals surface area contributed by atoms with Gasteiger partial charge in [0.2, 0.25) is 0 Å². The zero-order valence-electron chi connectivity index (χ0n) is 15.7. The van der Waals surface area contributed by atoms with Crippen molar-refractivity contribution < 1.29 is 35.2 Å². The van der Waals surface area contributed by atoms with Crippen molar-refractivity contribution in [2.75, 3.05) is 26.2 Å². The highest BCUT2D eigenvalue weighted by Gasteiger charge is 2.30. The van der Waals surface area contributed by atoms with E-state index in [1.54, 1.807) is 17.0 Å². The first kappa shape index (κ1) is 22.1. The molecule has 2 aliphatic rings. The molecule has 1 saturated heterocycles. The van der Waals surface area contributed by atoms with Crippen LogP contribution in [0.25, 0.3) is 5.76 Å². The molecule has 0 atom stereocenters. The van der Waals surface area contributed by atoms with Crippen LogP contribution in [0.3, 0.4) is 0 Å². The van der Waals surface area contributed by atoms with Crippen molar-refractivity contribution in [3.63, 3.8) is 0 Å². The van der Waals surface area contributed by atoms with E-state index in [2.05, 4.69) is 0 Å². The van der Waals surface area contributed by atoms with Gasteiger partial charge in [-0.25, -0.2) is 0 Å². The molecular formula is C21H29ClF3NO. The molecule has 3 rings (SSSR count). The van der Waals surface area contributed by atoms with Crippen LogP contribution in [0.15, 0.2) is 29.8 Å². The second-order valence-electron chi connectivity index (χ2n) is 7.48. The maximum Gasteiger partial charge on any atom is 0.416 e. The summed E-state index contributed by atoms with van der Waals surface area (Å²) in [6.45, 7) is 4.01. The summed E-state index contributed by atoms with van der Waals surface area (Å²) < 4.78 is 44.7. The Balaban J connectivity index is 0.00000261. The van der Waals surface area contributed by atoms with Gasteiger partial charge in [-0.3, -0.25) is 0 Å². The molecule has 1 aromatic carbocycles. The molecule has 0 radical (unpaired) electrons. The number of hydrogen-bond acceptors (Lipinski definition) is 1. The largest absolute Gasteiger partial charge is 1.00 e. The summed E-state index contributed by atoms with van der Waals surface area (Å²) in [6.07, 6.45) is 5.08. The maximum atomic E-state index is 12.8. The number of nitrogens with one attached hydrogen (secondary N) is 1. The molecule has 1 saturated carbocycles. The van der Waals surface area contributed by atoms with E-state index in [0.29, 0.717) is 6.61 Å². The minimum absolute atomic E-state index is 0. The Morgan fingerprint density at radius 2 is 1.48 bits per heavy atom. The van der Waals surface area contributed by atoms with Crippen molar-refractivity contribution in [1.82, 2.24) is 0 Å². The highest BCUT2D eigenvalue weighted by Crippen LogP contribution is 2.34. The average molecular weight is 404 g/mol. The quantitative estimate of drug-likeness (QED) is 0.735. The van der Waals surface area contributed by atoms with Gasteiger partial charge in [0.25, 0.3) is 0 Å². The van der Waals surface area contributed by atoms with Crippen molar-refractivity contribution in [2.24, 2.45) is 0 Å². The second-order valence-corrected chi connectivity index (χ2v) is 7.48. The van der Waals surface area contributed by atoms with Crippen LogP contribution in [0.1, 0.15) is 62.5 Å². The minimum Gasteiger partial charge on any atom is -1.00 e. The monoisotopic (exact) mass is 403 g/mol. The fraction of sp³-hybridized carbons (Fsp3) is 0.619. The maximum absolute atomic E-state index is 12.8. The van der Waals surface area contributed by atoms with Gasteiger partial charge in [0.05, 0.1) is 18.7 Å². The molecule has 0 aromatic heterocycles. The summed E-state index contributed by atoms with van der Waals surface area (Å²) in [7, 11) is 0. The molecule has 1 aromatic rings. The average Bonchev–Trinajstić information content (AvgIpc) is 2.66. The van der Waals surface area contributed by atoms with Crippen LogP contribution < -0.4 is 17.3 Å². The Labute approximate surface area is 166 Å². The highest BCUT2D eigenvalue weighted by atomic mass is 35.5. The number of benzene rings is 1. The Hall–Kier alpha value is -1.20. The molecule has 27 heavy (non-hydrogen) atoms. The fourth-order valence-corrected chi connectivity index (χ4v) is 4.00.